The van der Waals surface area contributed by atoms with Crippen LogP contribution in [0.3, 0.4) is 0 Å². The number of halogens is 10. The van der Waals surface area contributed by atoms with Gasteiger partial charge in [-0.15, -0.1) is 0 Å². The summed E-state index contributed by atoms with van der Waals surface area (Å²) in [5, 5.41) is 13.9. The molecule has 14 heteroatoms. The summed E-state index contributed by atoms with van der Waals surface area (Å²) < 4.78 is 115. The number of hydrogen-bond donors (Lipinski definition) is 2. The predicted octanol–water partition coefficient (Wildman–Crippen LogP) is 3.54. The van der Waals surface area contributed by atoms with Crippen LogP contribution in [0.15, 0.2) is 0 Å². The van der Waals surface area contributed by atoms with Crippen molar-refractivity contribution in [1.82, 2.24) is 0 Å². The highest BCUT2D eigenvalue weighted by atomic mass is 19.4. The van der Waals surface area contributed by atoms with Crippen molar-refractivity contribution in [3.63, 3.8) is 0 Å². The highest BCUT2D eigenvalue weighted by molar-refractivity contribution is 5.53. The van der Waals surface area contributed by atoms with Gasteiger partial charge in [-0.1, -0.05) is 0 Å². The van der Waals surface area contributed by atoms with Gasteiger partial charge in [-0.25, -0.2) is 9.53 Å². The van der Waals surface area contributed by atoms with Gasteiger partial charge in [0, 0.05) is 0 Å². The first-order chi connectivity index (χ1) is 7.94. The first-order valence-corrected chi connectivity index (χ1v) is 3.45. The fourth-order valence-corrected chi connectivity index (χ4v) is 0.277. The van der Waals surface area contributed by atoms with Crippen LogP contribution in [0.4, 0.5) is 48.7 Å². The molecule has 0 rings (SSSR count). The third kappa shape index (κ3) is 6.88. The summed E-state index contributed by atoms with van der Waals surface area (Å²) in [6.07, 6.45) is -28.3. The molecule has 19 heavy (non-hydrogen) atoms. The average molecular weight is 316 g/mol. The van der Waals surface area contributed by atoms with E-state index >= 15 is 0 Å². The first-order valence-electron chi connectivity index (χ1n) is 3.45. The fourth-order valence-electron chi connectivity index (χ4n) is 0.277. The van der Waals surface area contributed by atoms with E-state index in [0.717, 1.165) is 0 Å². The molecule has 4 nitrogen and oxygen atoms in total. The van der Waals surface area contributed by atoms with Crippen LogP contribution in [-0.4, -0.2) is 40.9 Å². The second-order valence-electron chi connectivity index (χ2n) is 2.41. The minimum absolute atomic E-state index is 1.44. The Hall–Kier alpha value is -1.47. The Bertz CT molecular complexity index is 276. The van der Waals surface area contributed by atoms with Gasteiger partial charge in [0.05, 0.1) is 0 Å². The van der Waals surface area contributed by atoms with Crippen LogP contribution in [0.5, 0.6) is 0 Å². The number of hydrogen-bond acceptors (Lipinski definition) is 2. The smallest absolute Gasteiger partial charge is 0.450 e. The molecule has 2 N–H and O–H groups in total. The van der Waals surface area contributed by atoms with Crippen molar-refractivity contribution in [3.05, 3.63) is 0 Å². The molecule has 0 aromatic rings. The number of carbonyl (C=O) groups is 1. The lowest BCUT2D eigenvalue weighted by Gasteiger charge is -2.26. The fraction of sp³-hybridized carbons (Fsp3) is 0.800. The second-order valence-corrected chi connectivity index (χ2v) is 2.41. The van der Waals surface area contributed by atoms with E-state index in [9.17, 15) is 43.9 Å². The van der Waals surface area contributed by atoms with Crippen molar-refractivity contribution < 1.29 is 63.6 Å². The van der Waals surface area contributed by atoms with Crippen molar-refractivity contribution in [1.29, 1.82) is 0 Å². The normalized spacial score (nSPS) is 13.6. The SMILES string of the molecule is FC(F)(F)C(F)(F)OC(F)(F)C(F)(F)F.O=C(O)O. The van der Waals surface area contributed by atoms with Crippen LogP contribution in [0.2, 0.25) is 0 Å². The number of alkyl halides is 10. The summed E-state index contributed by atoms with van der Waals surface area (Å²) in [6, 6.07) is 0. The lowest BCUT2D eigenvalue weighted by atomic mass is 10.5. The first kappa shape index (κ1) is 19.9. The van der Waals surface area contributed by atoms with Gasteiger partial charge < -0.3 is 10.2 Å². The number of rotatable bonds is 2. The average Bonchev–Trinajstić information content (AvgIpc) is 1.94. The van der Waals surface area contributed by atoms with E-state index < -0.39 is 30.7 Å². The topological polar surface area (TPSA) is 66.8 Å². The maximum absolute atomic E-state index is 11.6. The van der Waals surface area contributed by atoms with Gasteiger partial charge in [0.25, 0.3) is 0 Å². The Labute approximate surface area is 95.7 Å². The van der Waals surface area contributed by atoms with E-state index in [1.165, 1.54) is 4.74 Å². The summed E-state index contributed by atoms with van der Waals surface area (Å²) in [7, 11) is 0. The van der Waals surface area contributed by atoms with Gasteiger partial charge in [0.15, 0.2) is 0 Å². The van der Waals surface area contributed by atoms with Gasteiger partial charge in [-0.3, -0.25) is 0 Å². The van der Waals surface area contributed by atoms with Gasteiger partial charge in [-0.05, 0) is 0 Å². The Morgan fingerprint density at radius 2 is 0.842 bits per heavy atom. The Morgan fingerprint density at radius 1 is 0.684 bits per heavy atom. The van der Waals surface area contributed by atoms with Gasteiger partial charge in [0.1, 0.15) is 0 Å². The quantitative estimate of drug-likeness (QED) is 0.765. The van der Waals surface area contributed by atoms with Crippen LogP contribution in [0.25, 0.3) is 0 Å². The van der Waals surface area contributed by atoms with Crippen molar-refractivity contribution in [2.75, 3.05) is 0 Å². The van der Waals surface area contributed by atoms with Crippen molar-refractivity contribution in [3.8, 4) is 0 Å². The Morgan fingerprint density at radius 3 is 0.947 bits per heavy atom. The minimum atomic E-state index is -6.66. The molecule has 0 bridgehead atoms. The van der Waals surface area contributed by atoms with E-state index in [1.54, 1.807) is 0 Å². The van der Waals surface area contributed by atoms with E-state index in [4.69, 9.17) is 15.0 Å². The molecule has 0 aromatic carbocycles. The maximum atomic E-state index is 11.6. The lowest BCUT2D eigenvalue weighted by Crippen LogP contribution is -2.50. The molecule has 0 fully saturated rings. The van der Waals surface area contributed by atoms with Crippen LogP contribution < -0.4 is 0 Å². The molecule has 0 aliphatic carbocycles. The molecule has 0 atom stereocenters. The van der Waals surface area contributed by atoms with Crippen molar-refractivity contribution in [2.24, 2.45) is 0 Å². The molecule has 0 aliphatic rings. The highest BCUT2D eigenvalue weighted by Crippen LogP contribution is 2.45. The Kier molecular flexibility index (Phi) is 5.92. The van der Waals surface area contributed by atoms with E-state index in [-0.39, 0.29) is 0 Å². The van der Waals surface area contributed by atoms with Crippen molar-refractivity contribution >= 4 is 6.16 Å². The summed E-state index contributed by atoms with van der Waals surface area (Å²) in [6.45, 7) is 0. The van der Waals surface area contributed by atoms with Crippen molar-refractivity contribution in [2.45, 2.75) is 24.6 Å². The molecule has 0 amide bonds. The highest BCUT2D eigenvalue weighted by Gasteiger charge is 2.70. The number of carboxylic acid groups (broad SMARTS) is 2. The molecule has 0 saturated carbocycles. The van der Waals surface area contributed by atoms with Crippen LogP contribution >= 0.6 is 0 Å². The van der Waals surface area contributed by atoms with E-state index in [1.807, 2.05) is 0 Å². The predicted molar refractivity (Wildman–Crippen MR) is 33.7 cm³/mol. The van der Waals surface area contributed by atoms with E-state index in [0.29, 0.717) is 0 Å². The zero-order valence-corrected chi connectivity index (χ0v) is 7.99. The summed E-state index contributed by atoms with van der Waals surface area (Å²) in [5.41, 5.74) is 0. The molecular weight excluding hydrogens is 314 g/mol. The van der Waals surface area contributed by atoms with Gasteiger partial charge in [0.2, 0.25) is 0 Å². The molecule has 0 spiro atoms. The summed E-state index contributed by atoms with van der Waals surface area (Å²) in [5.74, 6) is 0. The van der Waals surface area contributed by atoms with Gasteiger partial charge in [-0.2, -0.15) is 43.9 Å². The van der Waals surface area contributed by atoms with E-state index in [2.05, 4.69) is 0 Å². The zero-order valence-electron chi connectivity index (χ0n) is 7.99. The molecule has 0 aliphatic heterocycles. The summed E-state index contributed by atoms with van der Waals surface area (Å²) in [4.78, 5) is 8.56. The van der Waals surface area contributed by atoms with Crippen LogP contribution in [-0.2, 0) is 4.74 Å². The molecule has 0 unspecified atom stereocenters. The molecule has 0 saturated heterocycles. The standard InChI is InChI=1S/C4F10O.CH2O3/c5-1(6,7)3(11,12)15-4(13,14)2(8,9)10;2-1(3)4/h;(H2,2,3,4). The largest absolute Gasteiger partial charge is 0.503 e. The van der Waals surface area contributed by atoms with Crippen LogP contribution in [0, 0.1) is 0 Å². The lowest BCUT2D eigenvalue weighted by molar-refractivity contribution is -0.501. The molecular formula is C5H2F10O4. The molecule has 0 heterocycles. The third-order valence-corrected chi connectivity index (χ3v) is 0.916. The third-order valence-electron chi connectivity index (χ3n) is 0.916. The maximum Gasteiger partial charge on any atom is 0.503 e. The van der Waals surface area contributed by atoms with Gasteiger partial charge >= 0.3 is 30.7 Å². The molecule has 0 radical (unpaired) electrons. The molecule has 116 valence electrons. The van der Waals surface area contributed by atoms with Crippen LogP contribution in [0.1, 0.15) is 0 Å². The zero-order chi connectivity index (χ0) is 16.3. The Balaban J connectivity index is 0. The minimum Gasteiger partial charge on any atom is -0.450 e. The second kappa shape index (κ2) is 5.66. The molecule has 0 aromatic heterocycles. The summed E-state index contributed by atoms with van der Waals surface area (Å²) >= 11 is 0. The monoisotopic (exact) mass is 316 g/mol. The number of ether oxygens (including phenoxy) is 1.